The SMILES string of the molecule is CC1(C)c2cc3ccccc3cc2-c2c(N(c3cccc(N(c4ccccc4)c4ccccc4)c3)c3ccc4oc5ccccc5c4c3)cc3c(ccc4nc(-c5ccccc5)oc43)c21. The number of hydrogen-bond donors (Lipinski definition) is 0. The number of benzene rings is 10. The molecule has 0 fully saturated rings. The van der Waals surface area contributed by atoms with Crippen LogP contribution in [0.5, 0.6) is 0 Å². The molecule has 1 aliphatic rings. The van der Waals surface area contributed by atoms with Crippen molar-refractivity contribution in [3.05, 3.63) is 223 Å². The van der Waals surface area contributed by atoms with Gasteiger partial charge >= 0.3 is 0 Å². The zero-order chi connectivity index (χ0) is 43.2. The van der Waals surface area contributed by atoms with Gasteiger partial charge in [-0.15, -0.1) is 0 Å². The highest BCUT2D eigenvalue weighted by Gasteiger charge is 2.41. The third kappa shape index (κ3) is 5.82. The van der Waals surface area contributed by atoms with Gasteiger partial charge in [0.05, 0.1) is 5.69 Å². The molecule has 0 N–H and O–H groups in total. The van der Waals surface area contributed by atoms with Crippen LogP contribution in [0, 0.1) is 0 Å². The number of furan rings is 1. The van der Waals surface area contributed by atoms with E-state index in [2.05, 4.69) is 206 Å². The van der Waals surface area contributed by atoms with E-state index < -0.39 is 0 Å². The van der Waals surface area contributed by atoms with Gasteiger partial charge in [-0.05, 0) is 136 Å². The second-order valence-corrected chi connectivity index (χ2v) is 17.6. The van der Waals surface area contributed by atoms with Crippen LogP contribution < -0.4 is 9.80 Å². The third-order valence-electron chi connectivity index (χ3n) is 13.4. The minimum Gasteiger partial charge on any atom is -0.456 e. The molecule has 5 nitrogen and oxygen atoms in total. The van der Waals surface area contributed by atoms with Crippen molar-refractivity contribution in [1.82, 2.24) is 4.98 Å². The molecule has 2 aromatic heterocycles. The van der Waals surface area contributed by atoms with Crippen LogP contribution in [0.2, 0.25) is 0 Å². The molecule has 1 aliphatic carbocycles. The third-order valence-corrected chi connectivity index (χ3v) is 13.4. The first-order valence-corrected chi connectivity index (χ1v) is 22.2. The lowest BCUT2D eigenvalue weighted by Crippen LogP contribution is -2.17. The van der Waals surface area contributed by atoms with Crippen LogP contribution >= 0.6 is 0 Å². The van der Waals surface area contributed by atoms with E-state index in [9.17, 15) is 0 Å². The Hall–Kier alpha value is -8.41. The summed E-state index contributed by atoms with van der Waals surface area (Å²) < 4.78 is 13.3. The minimum absolute atomic E-state index is 0.367. The quantitative estimate of drug-likeness (QED) is 0.160. The van der Waals surface area contributed by atoms with Crippen LogP contribution in [0.4, 0.5) is 34.1 Å². The van der Waals surface area contributed by atoms with E-state index in [0.717, 1.165) is 83.5 Å². The van der Waals surface area contributed by atoms with Crippen molar-refractivity contribution in [2.24, 2.45) is 0 Å². The van der Waals surface area contributed by atoms with Gasteiger partial charge in [0, 0.05) is 61.1 Å². The lowest BCUT2D eigenvalue weighted by molar-refractivity contribution is 0.623. The molecule has 0 bridgehead atoms. The lowest BCUT2D eigenvalue weighted by Gasteiger charge is -2.31. The van der Waals surface area contributed by atoms with Gasteiger partial charge in [-0.3, -0.25) is 0 Å². The second kappa shape index (κ2) is 14.3. The van der Waals surface area contributed by atoms with Crippen molar-refractivity contribution in [1.29, 1.82) is 0 Å². The maximum absolute atomic E-state index is 6.88. The van der Waals surface area contributed by atoms with E-state index >= 15 is 0 Å². The summed E-state index contributed by atoms with van der Waals surface area (Å²) >= 11 is 0. The fourth-order valence-electron chi connectivity index (χ4n) is 10.4. The Morgan fingerprint density at radius 2 is 1.05 bits per heavy atom. The van der Waals surface area contributed by atoms with E-state index in [0.29, 0.717) is 5.89 Å². The molecule has 5 heteroatoms. The van der Waals surface area contributed by atoms with Crippen molar-refractivity contribution in [2.45, 2.75) is 19.3 Å². The van der Waals surface area contributed by atoms with Crippen LogP contribution in [0.15, 0.2) is 221 Å². The summed E-state index contributed by atoms with van der Waals surface area (Å²) in [6.07, 6.45) is 0. The molecule has 0 unspecified atom stereocenters. The summed E-state index contributed by atoms with van der Waals surface area (Å²) in [5.74, 6) is 0.604. The summed E-state index contributed by atoms with van der Waals surface area (Å²) in [5.41, 5.74) is 15.1. The summed E-state index contributed by atoms with van der Waals surface area (Å²) in [7, 11) is 0. The Kier molecular flexibility index (Phi) is 8.18. The topological polar surface area (TPSA) is 45.7 Å². The van der Waals surface area contributed by atoms with E-state index in [4.69, 9.17) is 13.8 Å². The van der Waals surface area contributed by atoms with Gasteiger partial charge < -0.3 is 18.6 Å². The molecule has 0 spiro atoms. The molecule has 0 aliphatic heterocycles. The molecule has 0 saturated carbocycles. The van der Waals surface area contributed by atoms with Crippen LogP contribution in [0.25, 0.3) is 77.2 Å². The number of aromatic nitrogens is 1. The molecule has 0 atom stereocenters. The largest absolute Gasteiger partial charge is 0.456 e. The van der Waals surface area contributed by atoms with Gasteiger partial charge in [0.2, 0.25) is 5.89 Å². The standard InChI is InChI=1S/C60H41N3O2/c1-60(2)51-34-40-20-13-12-19-39(40)33-50(51)56-53(37-49-47(57(56)60)30-31-52-58(49)65-59(61-52)38-17-6-3-7-18-38)63(45-29-32-55-48(36-45)46-27-14-15-28-54(46)64-55)44-26-16-25-43(35-44)62(41-21-8-4-9-22-41)42-23-10-5-11-24-42/h3-37H,1-2H3. The van der Waals surface area contributed by atoms with E-state index in [-0.39, 0.29) is 5.41 Å². The number of fused-ring (bicyclic) bond motifs is 11. The first kappa shape index (κ1) is 37.2. The van der Waals surface area contributed by atoms with Crippen molar-refractivity contribution in [3.8, 4) is 22.6 Å². The normalized spacial score (nSPS) is 12.9. The van der Waals surface area contributed by atoms with Crippen LogP contribution in [0.1, 0.15) is 25.0 Å². The second-order valence-electron chi connectivity index (χ2n) is 17.6. The molecule has 2 heterocycles. The zero-order valence-electron chi connectivity index (χ0n) is 35.9. The molecule has 0 radical (unpaired) electrons. The molecular weight excluding hydrogens is 795 g/mol. The Bertz CT molecular complexity index is 3770. The average molecular weight is 836 g/mol. The highest BCUT2D eigenvalue weighted by Crippen LogP contribution is 2.58. The lowest BCUT2D eigenvalue weighted by atomic mass is 9.79. The predicted octanol–water partition coefficient (Wildman–Crippen LogP) is 16.9. The number of para-hydroxylation sites is 3. The zero-order valence-corrected chi connectivity index (χ0v) is 35.9. The van der Waals surface area contributed by atoms with Crippen molar-refractivity contribution in [3.63, 3.8) is 0 Å². The van der Waals surface area contributed by atoms with Gasteiger partial charge in [-0.2, -0.15) is 0 Å². The molecule has 10 aromatic carbocycles. The maximum atomic E-state index is 6.88. The van der Waals surface area contributed by atoms with Gasteiger partial charge in [-0.1, -0.05) is 123 Å². The van der Waals surface area contributed by atoms with Gasteiger partial charge in [-0.25, -0.2) is 4.98 Å². The Morgan fingerprint density at radius 1 is 0.431 bits per heavy atom. The number of nitrogens with zero attached hydrogens (tertiary/aromatic N) is 3. The smallest absolute Gasteiger partial charge is 0.227 e. The molecule has 308 valence electrons. The maximum Gasteiger partial charge on any atom is 0.227 e. The fraction of sp³-hybridized carbons (Fsp3) is 0.0500. The van der Waals surface area contributed by atoms with E-state index in [1.807, 2.05) is 30.3 Å². The summed E-state index contributed by atoms with van der Waals surface area (Å²) in [4.78, 5) is 9.86. The van der Waals surface area contributed by atoms with Crippen molar-refractivity contribution in [2.75, 3.05) is 9.80 Å². The first-order valence-electron chi connectivity index (χ1n) is 22.2. The number of hydrogen-bond acceptors (Lipinski definition) is 5. The molecule has 12 aromatic rings. The highest BCUT2D eigenvalue weighted by atomic mass is 16.3. The molecule has 0 amide bonds. The molecule has 0 saturated heterocycles. The number of rotatable bonds is 7. The molecule has 65 heavy (non-hydrogen) atoms. The van der Waals surface area contributed by atoms with Crippen LogP contribution in [-0.4, -0.2) is 4.98 Å². The minimum atomic E-state index is -0.367. The Labute approximate surface area is 376 Å². The van der Waals surface area contributed by atoms with Crippen LogP contribution in [-0.2, 0) is 5.41 Å². The molecular formula is C60H41N3O2. The summed E-state index contributed by atoms with van der Waals surface area (Å²) in [5, 5.41) is 6.75. The number of oxazole rings is 1. The van der Waals surface area contributed by atoms with E-state index in [1.165, 1.54) is 33.0 Å². The van der Waals surface area contributed by atoms with Crippen molar-refractivity contribution < 1.29 is 8.83 Å². The summed E-state index contributed by atoms with van der Waals surface area (Å²) in [6.45, 7) is 4.75. The van der Waals surface area contributed by atoms with Gasteiger partial charge in [0.15, 0.2) is 5.58 Å². The highest BCUT2D eigenvalue weighted by molar-refractivity contribution is 6.15. The Morgan fingerprint density at radius 3 is 1.80 bits per heavy atom. The monoisotopic (exact) mass is 835 g/mol. The van der Waals surface area contributed by atoms with Gasteiger partial charge in [0.25, 0.3) is 0 Å². The average Bonchev–Trinajstić information content (AvgIpc) is 4.03. The van der Waals surface area contributed by atoms with Crippen molar-refractivity contribution >= 4 is 88.7 Å². The van der Waals surface area contributed by atoms with Crippen LogP contribution in [0.3, 0.4) is 0 Å². The fourth-order valence-corrected chi connectivity index (χ4v) is 10.4. The Balaban J connectivity index is 1.15. The van der Waals surface area contributed by atoms with E-state index in [1.54, 1.807) is 0 Å². The van der Waals surface area contributed by atoms with Gasteiger partial charge in [0.1, 0.15) is 16.7 Å². The predicted molar refractivity (Wildman–Crippen MR) is 269 cm³/mol. The first-order chi connectivity index (χ1) is 32.0. The summed E-state index contributed by atoms with van der Waals surface area (Å²) in [6, 6.07) is 75.5. The number of anilines is 6. The molecule has 13 rings (SSSR count).